The normalized spacial score (nSPS) is 29.0. The topological polar surface area (TPSA) is 200 Å². The maximum atomic E-state index is 13.5. The second-order valence-electron chi connectivity index (χ2n) is 8.65. The number of carbonyl (C=O) groups is 3. The number of hydrogen-bond acceptors (Lipinski definition) is 8. The molecule has 5 rings (SSSR count). The fourth-order valence-electron chi connectivity index (χ4n) is 5.47. The van der Waals surface area contributed by atoms with Crippen molar-refractivity contribution in [2.24, 2.45) is 23.3 Å². The van der Waals surface area contributed by atoms with Crippen molar-refractivity contribution < 1.29 is 34.8 Å². The number of aromatic hydroxyl groups is 1. The van der Waals surface area contributed by atoms with Gasteiger partial charge in [0.2, 0.25) is 5.78 Å². The smallest absolute Gasteiger partial charge is 0.255 e. The fraction of sp³-hybridized carbons (Fsp3) is 0.261. The van der Waals surface area contributed by atoms with Crippen molar-refractivity contribution in [2.45, 2.75) is 24.5 Å². The van der Waals surface area contributed by atoms with Gasteiger partial charge in [0.25, 0.3) is 5.91 Å². The predicted molar refractivity (Wildman–Crippen MR) is 115 cm³/mol. The highest BCUT2D eigenvalue weighted by Gasteiger charge is 2.63. The summed E-state index contributed by atoms with van der Waals surface area (Å²) in [6, 6.07) is 5.21. The van der Waals surface area contributed by atoms with Crippen LogP contribution in [0.5, 0.6) is 5.75 Å². The first kappa shape index (κ1) is 21.0. The number of aromatic amines is 1. The molecule has 1 amide bonds. The molecule has 0 spiro atoms. The number of phenolic OH excluding ortho intramolecular Hbond substituents is 1. The van der Waals surface area contributed by atoms with E-state index in [0.29, 0.717) is 11.1 Å². The van der Waals surface area contributed by atoms with E-state index in [1.807, 2.05) is 6.07 Å². The van der Waals surface area contributed by atoms with Crippen LogP contribution < -0.4 is 11.5 Å². The summed E-state index contributed by atoms with van der Waals surface area (Å²) in [7, 11) is 0. The SMILES string of the molecule is NC(=O)C1=C(O)[C@@]2(O)C(=O)C3=C(O)c4c(O)ccc(-c5ccc[nH]5)c4C[C@H]3CC2[C@@H](N)C1=O. The van der Waals surface area contributed by atoms with Crippen LogP contribution in [-0.4, -0.2) is 54.5 Å². The monoisotopic (exact) mass is 451 g/mol. The number of Topliss-reactive ketones (excluding diaryl/α,β-unsaturated/α-hetero) is 2. The number of aromatic nitrogens is 1. The summed E-state index contributed by atoms with van der Waals surface area (Å²) in [5.74, 6) is -7.24. The van der Waals surface area contributed by atoms with Crippen LogP contribution in [0, 0.1) is 11.8 Å². The van der Waals surface area contributed by atoms with E-state index in [0.717, 1.165) is 5.69 Å². The van der Waals surface area contributed by atoms with Crippen LogP contribution in [0.2, 0.25) is 0 Å². The Morgan fingerprint density at radius 3 is 2.52 bits per heavy atom. The van der Waals surface area contributed by atoms with Gasteiger partial charge in [-0.2, -0.15) is 0 Å². The number of rotatable bonds is 2. The molecule has 33 heavy (non-hydrogen) atoms. The number of benzene rings is 1. The molecule has 0 saturated heterocycles. The van der Waals surface area contributed by atoms with E-state index in [2.05, 4.69) is 4.98 Å². The molecule has 3 aliphatic rings. The minimum Gasteiger partial charge on any atom is -0.508 e. The number of phenols is 1. The summed E-state index contributed by atoms with van der Waals surface area (Å²) < 4.78 is 0. The maximum Gasteiger partial charge on any atom is 0.255 e. The van der Waals surface area contributed by atoms with Gasteiger partial charge in [-0.15, -0.1) is 0 Å². The summed E-state index contributed by atoms with van der Waals surface area (Å²) in [5, 5.41) is 43.5. The predicted octanol–water partition coefficient (Wildman–Crippen LogP) is 0.356. The molecular formula is C23H21N3O7. The number of nitrogens with one attached hydrogen (secondary N) is 1. The molecule has 1 heterocycles. The number of fused-ring (bicyclic) bond motifs is 3. The fourth-order valence-corrected chi connectivity index (χ4v) is 5.47. The Morgan fingerprint density at radius 2 is 1.88 bits per heavy atom. The van der Waals surface area contributed by atoms with Gasteiger partial charge in [-0.3, -0.25) is 14.4 Å². The lowest BCUT2D eigenvalue weighted by Gasteiger charge is -2.48. The molecule has 3 aliphatic carbocycles. The zero-order valence-corrected chi connectivity index (χ0v) is 17.2. The van der Waals surface area contributed by atoms with Gasteiger partial charge >= 0.3 is 0 Å². The lowest BCUT2D eigenvalue weighted by molar-refractivity contribution is -0.149. The second-order valence-corrected chi connectivity index (χ2v) is 8.65. The lowest BCUT2D eigenvalue weighted by atomic mass is 9.57. The summed E-state index contributed by atoms with van der Waals surface area (Å²) in [6.07, 6.45) is 1.88. The average molecular weight is 451 g/mol. The summed E-state index contributed by atoms with van der Waals surface area (Å²) in [6.45, 7) is 0. The van der Waals surface area contributed by atoms with Crippen LogP contribution in [0.15, 0.2) is 47.4 Å². The van der Waals surface area contributed by atoms with Crippen molar-refractivity contribution in [2.75, 3.05) is 0 Å². The van der Waals surface area contributed by atoms with Gasteiger partial charge in [-0.05, 0) is 48.6 Å². The number of amides is 1. The summed E-state index contributed by atoms with van der Waals surface area (Å²) in [4.78, 5) is 40.9. The highest BCUT2D eigenvalue weighted by Crippen LogP contribution is 2.52. The second kappa shape index (κ2) is 6.80. The van der Waals surface area contributed by atoms with Gasteiger partial charge in [-0.1, -0.05) is 0 Å². The third-order valence-corrected chi connectivity index (χ3v) is 7.02. The largest absolute Gasteiger partial charge is 0.508 e. The number of hydrogen-bond donors (Lipinski definition) is 7. The molecule has 0 bridgehead atoms. The molecule has 10 nitrogen and oxygen atoms in total. The van der Waals surface area contributed by atoms with Gasteiger partial charge in [0.05, 0.1) is 11.6 Å². The molecule has 1 unspecified atom stereocenters. The van der Waals surface area contributed by atoms with Crippen LogP contribution in [0.25, 0.3) is 17.0 Å². The molecule has 10 heteroatoms. The number of aliphatic hydroxyl groups excluding tert-OH is 2. The molecular weight excluding hydrogens is 430 g/mol. The summed E-state index contributed by atoms with van der Waals surface area (Å²) >= 11 is 0. The van der Waals surface area contributed by atoms with E-state index >= 15 is 0 Å². The highest BCUT2D eigenvalue weighted by atomic mass is 16.3. The molecule has 0 aliphatic heterocycles. The van der Waals surface area contributed by atoms with E-state index in [9.17, 15) is 34.8 Å². The average Bonchev–Trinajstić information content (AvgIpc) is 3.29. The number of H-pyrrole nitrogens is 1. The molecule has 1 saturated carbocycles. The van der Waals surface area contributed by atoms with Crippen molar-refractivity contribution in [3.8, 4) is 17.0 Å². The summed E-state index contributed by atoms with van der Waals surface area (Å²) in [5.41, 5.74) is 9.41. The van der Waals surface area contributed by atoms with Crippen LogP contribution >= 0.6 is 0 Å². The van der Waals surface area contributed by atoms with Crippen LogP contribution in [0.1, 0.15) is 17.5 Å². The molecule has 0 radical (unpaired) electrons. The molecule has 2 aromatic rings. The molecule has 9 N–H and O–H groups in total. The third kappa shape index (κ3) is 2.58. The van der Waals surface area contributed by atoms with Crippen molar-refractivity contribution in [1.82, 2.24) is 4.98 Å². The van der Waals surface area contributed by atoms with Crippen molar-refractivity contribution in [1.29, 1.82) is 0 Å². The number of aliphatic hydroxyl groups is 3. The zero-order chi connectivity index (χ0) is 23.8. The first-order chi connectivity index (χ1) is 15.6. The van der Waals surface area contributed by atoms with Gasteiger partial charge < -0.3 is 36.9 Å². The standard InChI is InChI=1S/C23H21N3O7/c24-17-11-7-8-6-10-9(12-2-1-5-26-12)3-4-13(27)15(10)18(28)14(8)20(30)23(11,33)21(31)16(19(17)29)22(25)32/h1-5,8,11,17,26-28,31,33H,6-7,24H2,(H2,25,32)/t8-,11?,17+,23-/m0/s1. The lowest BCUT2D eigenvalue weighted by Crippen LogP contribution is -2.65. The Kier molecular flexibility index (Phi) is 4.33. The number of ketones is 2. The van der Waals surface area contributed by atoms with Gasteiger partial charge in [0, 0.05) is 28.9 Å². The van der Waals surface area contributed by atoms with Gasteiger partial charge in [0.15, 0.2) is 11.4 Å². The highest BCUT2D eigenvalue weighted by molar-refractivity contribution is 6.24. The quantitative estimate of drug-likeness (QED) is 0.317. The van der Waals surface area contributed by atoms with Crippen LogP contribution in [0.3, 0.4) is 0 Å². The third-order valence-electron chi connectivity index (χ3n) is 7.02. The number of nitrogens with two attached hydrogens (primary N) is 2. The van der Waals surface area contributed by atoms with Crippen molar-refractivity contribution in [3.63, 3.8) is 0 Å². The van der Waals surface area contributed by atoms with E-state index in [-0.39, 0.29) is 29.7 Å². The first-order valence-electron chi connectivity index (χ1n) is 10.3. The molecule has 1 aromatic heterocycles. The minimum absolute atomic E-state index is 0.0378. The molecule has 1 aromatic carbocycles. The number of primary amides is 1. The van der Waals surface area contributed by atoms with E-state index in [1.54, 1.807) is 18.3 Å². The van der Waals surface area contributed by atoms with E-state index < -0.39 is 58.0 Å². The maximum absolute atomic E-state index is 13.5. The molecule has 4 atom stereocenters. The van der Waals surface area contributed by atoms with Crippen LogP contribution in [-0.2, 0) is 20.8 Å². The first-order valence-corrected chi connectivity index (χ1v) is 10.3. The van der Waals surface area contributed by atoms with Gasteiger partial charge in [-0.25, -0.2) is 0 Å². The minimum atomic E-state index is -2.71. The Balaban J connectivity index is 1.74. The van der Waals surface area contributed by atoms with Crippen molar-refractivity contribution in [3.05, 3.63) is 58.5 Å². The zero-order valence-electron chi connectivity index (χ0n) is 17.2. The Morgan fingerprint density at radius 1 is 1.15 bits per heavy atom. The van der Waals surface area contributed by atoms with Crippen LogP contribution in [0.4, 0.5) is 0 Å². The molecule has 170 valence electrons. The number of carbonyl (C=O) groups excluding carboxylic acids is 3. The Labute approximate surface area is 186 Å². The van der Waals surface area contributed by atoms with Crippen molar-refractivity contribution >= 4 is 23.2 Å². The Bertz CT molecular complexity index is 1310. The Hall–Kier alpha value is -3.89. The van der Waals surface area contributed by atoms with E-state index in [1.165, 1.54) is 6.07 Å². The molecule has 1 fully saturated rings. The van der Waals surface area contributed by atoms with Gasteiger partial charge in [0.1, 0.15) is 22.8 Å². The van der Waals surface area contributed by atoms with E-state index in [4.69, 9.17) is 11.5 Å².